The number of aromatic nitrogens is 1. The number of rotatable bonds is 2. The molecule has 0 radical (unpaired) electrons. The average molecular weight is 223 g/mol. The quantitative estimate of drug-likeness (QED) is 0.617. The third kappa shape index (κ3) is 2.72. The molecule has 1 atom stereocenters. The van der Waals surface area contributed by atoms with Crippen LogP contribution in [0.25, 0.3) is 0 Å². The zero-order valence-corrected chi connectivity index (χ0v) is 9.37. The van der Waals surface area contributed by atoms with Gasteiger partial charge in [0, 0.05) is 18.1 Å². The van der Waals surface area contributed by atoms with Crippen molar-refractivity contribution >= 4 is 17.3 Å². The lowest BCUT2D eigenvalue weighted by Crippen LogP contribution is -2.06. The number of anilines is 1. The number of pyridine rings is 1. The van der Waals surface area contributed by atoms with Crippen LogP contribution in [0.2, 0.25) is 0 Å². The SMILES string of the molecule is Nc1ccncc1CC1=CC(Cl)CCC1. The zero-order valence-electron chi connectivity index (χ0n) is 8.62. The summed E-state index contributed by atoms with van der Waals surface area (Å²) in [6.45, 7) is 0. The first-order valence-corrected chi connectivity index (χ1v) is 5.71. The lowest BCUT2D eigenvalue weighted by Gasteiger charge is -2.16. The Balaban J connectivity index is 2.12. The normalized spacial score (nSPS) is 21.1. The van der Waals surface area contributed by atoms with Gasteiger partial charge in [-0.25, -0.2) is 0 Å². The molecule has 1 aliphatic carbocycles. The molecule has 3 heteroatoms. The first kappa shape index (κ1) is 10.5. The van der Waals surface area contributed by atoms with Crippen molar-refractivity contribution in [3.05, 3.63) is 35.7 Å². The molecule has 2 N–H and O–H groups in total. The summed E-state index contributed by atoms with van der Waals surface area (Å²) in [5.74, 6) is 0. The van der Waals surface area contributed by atoms with E-state index in [-0.39, 0.29) is 5.38 Å². The second-order valence-corrected chi connectivity index (χ2v) is 4.54. The fourth-order valence-corrected chi connectivity index (χ4v) is 2.26. The Morgan fingerprint density at radius 3 is 3.13 bits per heavy atom. The van der Waals surface area contributed by atoms with Gasteiger partial charge in [-0.1, -0.05) is 11.6 Å². The number of hydrogen-bond donors (Lipinski definition) is 1. The summed E-state index contributed by atoms with van der Waals surface area (Å²) >= 11 is 6.09. The molecule has 0 spiro atoms. The van der Waals surface area contributed by atoms with E-state index in [4.69, 9.17) is 17.3 Å². The van der Waals surface area contributed by atoms with Gasteiger partial charge in [-0.15, -0.1) is 11.6 Å². The van der Waals surface area contributed by atoms with Crippen LogP contribution in [0.15, 0.2) is 30.1 Å². The predicted octanol–water partition coefficient (Wildman–Crippen LogP) is 2.92. The van der Waals surface area contributed by atoms with Gasteiger partial charge in [-0.2, -0.15) is 0 Å². The zero-order chi connectivity index (χ0) is 10.7. The molecule has 15 heavy (non-hydrogen) atoms. The number of halogens is 1. The van der Waals surface area contributed by atoms with Crippen molar-refractivity contribution in [1.82, 2.24) is 4.98 Å². The van der Waals surface area contributed by atoms with Crippen molar-refractivity contribution in [1.29, 1.82) is 0 Å². The highest BCUT2D eigenvalue weighted by Gasteiger charge is 2.12. The van der Waals surface area contributed by atoms with Crippen molar-refractivity contribution in [2.75, 3.05) is 5.73 Å². The van der Waals surface area contributed by atoms with Crippen molar-refractivity contribution < 1.29 is 0 Å². The number of hydrogen-bond acceptors (Lipinski definition) is 2. The van der Waals surface area contributed by atoms with Crippen LogP contribution in [0.1, 0.15) is 24.8 Å². The molecular weight excluding hydrogens is 208 g/mol. The Bertz CT molecular complexity index is 374. The Morgan fingerprint density at radius 2 is 2.40 bits per heavy atom. The molecule has 1 aliphatic rings. The van der Waals surface area contributed by atoms with Gasteiger partial charge < -0.3 is 5.73 Å². The van der Waals surface area contributed by atoms with Crippen LogP contribution in [0.5, 0.6) is 0 Å². The van der Waals surface area contributed by atoms with E-state index < -0.39 is 0 Å². The highest BCUT2D eigenvalue weighted by molar-refractivity contribution is 6.21. The maximum absolute atomic E-state index is 6.09. The molecule has 0 saturated carbocycles. The minimum atomic E-state index is 0.201. The molecule has 1 unspecified atom stereocenters. The summed E-state index contributed by atoms with van der Waals surface area (Å²) < 4.78 is 0. The van der Waals surface area contributed by atoms with Crippen LogP contribution in [-0.2, 0) is 6.42 Å². The smallest absolute Gasteiger partial charge is 0.0518 e. The Kier molecular flexibility index (Phi) is 3.27. The van der Waals surface area contributed by atoms with Crippen molar-refractivity contribution in [2.45, 2.75) is 31.1 Å². The van der Waals surface area contributed by atoms with E-state index in [1.807, 2.05) is 12.3 Å². The predicted molar refractivity (Wildman–Crippen MR) is 63.9 cm³/mol. The van der Waals surface area contributed by atoms with Crippen molar-refractivity contribution in [3.8, 4) is 0 Å². The molecule has 2 nitrogen and oxygen atoms in total. The Hall–Kier alpha value is -1.02. The van der Waals surface area contributed by atoms with E-state index in [1.165, 1.54) is 12.0 Å². The highest BCUT2D eigenvalue weighted by atomic mass is 35.5. The summed E-state index contributed by atoms with van der Waals surface area (Å²) in [6.07, 6.45) is 10.0. The van der Waals surface area contributed by atoms with Crippen LogP contribution in [0, 0.1) is 0 Å². The molecule has 1 aromatic rings. The van der Waals surface area contributed by atoms with E-state index in [0.29, 0.717) is 0 Å². The molecular formula is C12H15ClN2. The monoisotopic (exact) mass is 222 g/mol. The molecule has 1 aromatic heterocycles. The summed E-state index contributed by atoms with van der Waals surface area (Å²) in [6, 6.07) is 1.84. The van der Waals surface area contributed by atoms with Crippen LogP contribution < -0.4 is 5.73 Å². The topological polar surface area (TPSA) is 38.9 Å². The van der Waals surface area contributed by atoms with Crippen molar-refractivity contribution in [2.24, 2.45) is 0 Å². The summed E-state index contributed by atoms with van der Waals surface area (Å²) in [7, 11) is 0. The molecule has 80 valence electrons. The number of nitrogens with two attached hydrogens (primary N) is 1. The van der Waals surface area contributed by atoms with Crippen LogP contribution in [0.3, 0.4) is 0 Å². The standard InChI is InChI=1S/C12H15ClN2/c13-11-3-1-2-9(7-11)6-10-8-15-5-4-12(10)14/h4-5,7-8,11H,1-3,6H2,(H2,14,15). The van der Waals surface area contributed by atoms with Gasteiger partial charge >= 0.3 is 0 Å². The first-order chi connectivity index (χ1) is 7.25. The van der Waals surface area contributed by atoms with Gasteiger partial charge in [0.25, 0.3) is 0 Å². The van der Waals surface area contributed by atoms with E-state index in [9.17, 15) is 0 Å². The van der Waals surface area contributed by atoms with Crippen molar-refractivity contribution in [3.63, 3.8) is 0 Å². The third-order valence-corrected chi connectivity index (χ3v) is 3.10. The molecule has 0 fully saturated rings. The molecule has 0 aliphatic heterocycles. The highest BCUT2D eigenvalue weighted by Crippen LogP contribution is 2.25. The largest absolute Gasteiger partial charge is 0.398 e. The van der Waals surface area contributed by atoms with Gasteiger partial charge in [-0.3, -0.25) is 4.98 Å². The van der Waals surface area contributed by atoms with Crippen LogP contribution in [-0.4, -0.2) is 10.4 Å². The summed E-state index contributed by atoms with van der Waals surface area (Å²) in [5, 5.41) is 0.201. The summed E-state index contributed by atoms with van der Waals surface area (Å²) in [4.78, 5) is 4.09. The maximum atomic E-state index is 6.09. The molecule has 1 heterocycles. The lowest BCUT2D eigenvalue weighted by atomic mass is 9.94. The molecule has 2 rings (SSSR count). The third-order valence-electron chi connectivity index (χ3n) is 2.75. The van der Waals surface area contributed by atoms with E-state index in [2.05, 4.69) is 11.1 Å². The van der Waals surface area contributed by atoms with Gasteiger partial charge in [-0.05, 0) is 37.3 Å². The van der Waals surface area contributed by atoms with Gasteiger partial charge in [0.15, 0.2) is 0 Å². The van der Waals surface area contributed by atoms with Gasteiger partial charge in [0.05, 0.1) is 5.38 Å². The molecule has 0 saturated heterocycles. The van der Waals surface area contributed by atoms with Crippen LogP contribution >= 0.6 is 11.6 Å². The Morgan fingerprint density at radius 1 is 1.53 bits per heavy atom. The Labute approximate surface area is 95.2 Å². The van der Waals surface area contributed by atoms with E-state index in [1.54, 1.807) is 6.20 Å². The van der Waals surface area contributed by atoms with Gasteiger partial charge in [0.2, 0.25) is 0 Å². The fraction of sp³-hybridized carbons (Fsp3) is 0.417. The van der Waals surface area contributed by atoms with Gasteiger partial charge in [0.1, 0.15) is 0 Å². The number of nitrogens with zero attached hydrogens (tertiary/aromatic N) is 1. The number of nitrogen functional groups attached to an aromatic ring is 1. The fourth-order valence-electron chi connectivity index (χ4n) is 1.92. The number of allylic oxidation sites excluding steroid dienone is 2. The average Bonchev–Trinajstić information content (AvgIpc) is 2.22. The lowest BCUT2D eigenvalue weighted by molar-refractivity contribution is 0.693. The molecule has 0 bridgehead atoms. The minimum absolute atomic E-state index is 0.201. The molecule has 0 amide bonds. The van der Waals surface area contributed by atoms with E-state index >= 15 is 0 Å². The summed E-state index contributed by atoms with van der Waals surface area (Å²) in [5.41, 5.74) is 9.19. The second kappa shape index (κ2) is 4.67. The number of alkyl halides is 1. The minimum Gasteiger partial charge on any atom is -0.398 e. The second-order valence-electron chi connectivity index (χ2n) is 3.98. The first-order valence-electron chi connectivity index (χ1n) is 5.27. The maximum Gasteiger partial charge on any atom is 0.0518 e. The van der Waals surface area contributed by atoms with E-state index in [0.717, 1.165) is 30.5 Å². The van der Waals surface area contributed by atoms with Crippen LogP contribution in [0.4, 0.5) is 5.69 Å². The molecule has 0 aromatic carbocycles.